The lowest BCUT2D eigenvalue weighted by Gasteiger charge is -2.26. The molecule has 3 atom stereocenters. The minimum atomic E-state index is -3.81. The highest BCUT2D eigenvalue weighted by molar-refractivity contribution is 7.86. The average Bonchev–Trinajstić information content (AvgIpc) is 2.76. The van der Waals surface area contributed by atoms with Crippen LogP contribution in [0.3, 0.4) is 0 Å². The Bertz CT molecular complexity index is 551. The maximum atomic E-state index is 12.1. The van der Waals surface area contributed by atoms with Gasteiger partial charge in [0.2, 0.25) is 6.29 Å². The fraction of sp³-hybridized carbons (Fsp3) is 0.538. The molecule has 1 aliphatic carbocycles. The highest BCUT2D eigenvalue weighted by Gasteiger charge is 2.41. The molecule has 3 unspecified atom stereocenters. The highest BCUT2D eigenvalue weighted by atomic mass is 32.2. The van der Waals surface area contributed by atoms with E-state index in [1.165, 1.54) is 12.1 Å². The molecule has 0 amide bonds. The molecule has 5 nitrogen and oxygen atoms in total. The highest BCUT2D eigenvalue weighted by Crippen LogP contribution is 2.38. The van der Waals surface area contributed by atoms with E-state index in [1.54, 1.807) is 12.1 Å². The van der Waals surface area contributed by atoms with Gasteiger partial charge in [-0.2, -0.15) is 8.42 Å². The zero-order valence-corrected chi connectivity index (χ0v) is 11.4. The summed E-state index contributed by atoms with van der Waals surface area (Å²) in [7, 11) is -3.81. The number of fused-ring (bicyclic) bond motifs is 2. The van der Waals surface area contributed by atoms with Gasteiger partial charge in [0.1, 0.15) is 0 Å². The summed E-state index contributed by atoms with van der Waals surface area (Å²) in [4.78, 5) is 10.3. The van der Waals surface area contributed by atoms with E-state index in [-0.39, 0.29) is 16.9 Å². The van der Waals surface area contributed by atoms with Gasteiger partial charge in [-0.3, -0.25) is 0 Å². The Labute approximate surface area is 112 Å². The van der Waals surface area contributed by atoms with Crippen LogP contribution >= 0.6 is 0 Å². The Balaban J connectivity index is 1.76. The molecule has 1 aromatic carbocycles. The maximum absolute atomic E-state index is 12.1. The van der Waals surface area contributed by atoms with Crippen LogP contribution in [-0.2, 0) is 24.1 Å². The zero-order chi connectivity index (χ0) is 13.5. The summed E-state index contributed by atoms with van der Waals surface area (Å²) in [6.45, 7) is 1.90. The Morgan fingerprint density at radius 1 is 1.16 bits per heavy atom. The van der Waals surface area contributed by atoms with Gasteiger partial charge in [-0.25, -0.2) is 14.0 Å². The van der Waals surface area contributed by atoms with Crippen LogP contribution in [-0.4, -0.2) is 20.8 Å². The van der Waals surface area contributed by atoms with Gasteiger partial charge in [0.25, 0.3) is 10.1 Å². The summed E-state index contributed by atoms with van der Waals surface area (Å²) in [6.07, 6.45) is 1.83. The van der Waals surface area contributed by atoms with Crippen LogP contribution in [0.2, 0.25) is 0 Å². The molecule has 1 saturated carbocycles. The number of hydrogen-bond acceptors (Lipinski definition) is 5. The minimum absolute atomic E-state index is 0.0897. The van der Waals surface area contributed by atoms with E-state index in [2.05, 4.69) is 0 Å². The molecular formula is C13H16O5S. The van der Waals surface area contributed by atoms with Crippen LogP contribution in [0, 0.1) is 12.8 Å². The van der Waals surface area contributed by atoms with Crippen LogP contribution in [0.25, 0.3) is 0 Å². The normalized spacial score (nSPS) is 30.5. The van der Waals surface area contributed by atoms with Gasteiger partial charge < -0.3 is 0 Å². The first kappa shape index (κ1) is 13.1. The Morgan fingerprint density at radius 3 is 2.63 bits per heavy atom. The van der Waals surface area contributed by atoms with Gasteiger partial charge in [-0.05, 0) is 38.3 Å². The summed E-state index contributed by atoms with van der Waals surface area (Å²) in [5, 5.41) is 0. The first-order valence-electron chi connectivity index (χ1n) is 6.37. The third-order valence-electron chi connectivity index (χ3n) is 3.63. The van der Waals surface area contributed by atoms with Crippen LogP contribution < -0.4 is 0 Å². The predicted molar refractivity (Wildman–Crippen MR) is 66.5 cm³/mol. The zero-order valence-electron chi connectivity index (χ0n) is 10.6. The van der Waals surface area contributed by atoms with Crippen molar-refractivity contribution < 1.29 is 22.4 Å². The standard InChI is InChI=1S/C13H16O5S/c1-9-2-6-12(7-3-9)19(14,15)18-13-10-4-5-11(8-10)16-17-13/h2-3,6-7,10-11,13H,4-5,8H2,1H3. The predicted octanol–water partition coefficient (Wildman–Crippen LogP) is 2.16. The van der Waals surface area contributed by atoms with E-state index < -0.39 is 16.4 Å². The third-order valence-corrected chi connectivity index (χ3v) is 4.92. The molecule has 2 fully saturated rings. The molecule has 1 saturated heterocycles. The van der Waals surface area contributed by atoms with Gasteiger partial charge in [-0.1, -0.05) is 17.7 Å². The first-order valence-corrected chi connectivity index (χ1v) is 7.77. The van der Waals surface area contributed by atoms with Gasteiger partial charge >= 0.3 is 0 Å². The smallest absolute Gasteiger partial charge is 0.231 e. The lowest BCUT2D eigenvalue weighted by atomic mass is 10.1. The van der Waals surface area contributed by atoms with E-state index >= 15 is 0 Å². The van der Waals surface area contributed by atoms with E-state index in [0.29, 0.717) is 0 Å². The second-order valence-corrected chi connectivity index (χ2v) is 6.69. The maximum Gasteiger partial charge on any atom is 0.299 e. The second kappa shape index (κ2) is 4.86. The Hall–Kier alpha value is -0.950. The van der Waals surface area contributed by atoms with E-state index in [4.69, 9.17) is 14.0 Å². The summed E-state index contributed by atoms with van der Waals surface area (Å²) in [6, 6.07) is 6.54. The van der Waals surface area contributed by atoms with Crippen molar-refractivity contribution in [2.75, 3.05) is 0 Å². The van der Waals surface area contributed by atoms with Crippen molar-refractivity contribution in [2.45, 2.75) is 43.5 Å². The molecule has 6 heteroatoms. The molecule has 1 aliphatic heterocycles. The van der Waals surface area contributed by atoms with Crippen LogP contribution in [0.1, 0.15) is 24.8 Å². The topological polar surface area (TPSA) is 61.8 Å². The number of benzene rings is 1. The molecule has 1 aromatic rings. The molecule has 0 spiro atoms. The van der Waals surface area contributed by atoms with Crippen molar-refractivity contribution in [3.63, 3.8) is 0 Å². The van der Waals surface area contributed by atoms with Crippen molar-refractivity contribution in [1.29, 1.82) is 0 Å². The SMILES string of the molecule is Cc1ccc(S(=O)(=O)OC2OOC3CCC2C3)cc1. The molecule has 0 radical (unpaired) electrons. The quantitative estimate of drug-likeness (QED) is 0.628. The molecule has 19 heavy (non-hydrogen) atoms. The molecule has 0 aromatic heterocycles. The third kappa shape index (κ3) is 2.67. The minimum Gasteiger partial charge on any atom is -0.231 e. The van der Waals surface area contributed by atoms with Crippen LogP contribution in [0.4, 0.5) is 0 Å². The van der Waals surface area contributed by atoms with Crippen molar-refractivity contribution >= 4 is 10.1 Å². The second-order valence-electron chi connectivity index (χ2n) is 5.12. The van der Waals surface area contributed by atoms with E-state index in [9.17, 15) is 8.42 Å². The fourth-order valence-electron chi connectivity index (χ4n) is 2.50. The van der Waals surface area contributed by atoms with Gasteiger partial charge in [0, 0.05) is 5.92 Å². The van der Waals surface area contributed by atoms with E-state index in [0.717, 1.165) is 24.8 Å². The fourth-order valence-corrected chi connectivity index (χ4v) is 3.52. The molecule has 2 aliphatic rings. The van der Waals surface area contributed by atoms with E-state index in [1.807, 2.05) is 6.92 Å². The summed E-state index contributed by atoms with van der Waals surface area (Å²) < 4.78 is 29.4. The molecular weight excluding hydrogens is 268 g/mol. The van der Waals surface area contributed by atoms with Crippen molar-refractivity contribution in [3.05, 3.63) is 29.8 Å². The molecule has 104 valence electrons. The summed E-state index contributed by atoms with van der Waals surface area (Å²) in [5.41, 5.74) is 0.995. The van der Waals surface area contributed by atoms with Gasteiger partial charge in [-0.15, -0.1) is 0 Å². The number of hydrogen-bond donors (Lipinski definition) is 0. The molecule has 0 N–H and O–H groups in total. The molecule has 3 rings (SSSR count). The Kier molecular flexibility index (Phi) is 3.34. The monoisotopic (exact) mass is 284 g/mol. The summed E-state index contributed by atoms with van der Waals surface area (Å²) in [5.74, 6) is 0.0963. The number of rotatable bonds is 3. The largest absolute Gasteiger partial charge is 0.299 e. The molecule has 1 heterocycles. The van der Waals surface area contributed by atoms with Crippen LogP contribution in [0.5, 0.6) is 0 Å². The van der Waals surface area contributed by atoms with Gasteiger partial charge in [0.05, 0.1) is 11.0 Å². The first-order chi connectivity index (χ1) is 9.04. The Morgan fingerprint density at radius 2 is 1.89 bits per heavy atom. The average molecular weight is 284 g/mol. The van der Waals surface area contributed by atoms with Crippen molar-refractivity contribution in [3.8, 4) is 0 Å². The lowest BCUT2D eigenvalue weighted by molar-refractivity contribution is -0.408. The van der Waals surface area contributed by atoms with Gasteiger partial charge in [0.15, 0.2) is 0 Å². The van der Waals surface area contributed by atoms with Crippen LogP contribution in [0.15, 0.2) is 29.2 Å². The number of aryl methyl sites for hydroxylation is 1. The molecule has 2 bridgehead atoms. The lowest BCUT2D eigenvalue weighted by Crippen LogP contribution is -2.33. The summed E-state index contributed by atoms with van der Waals surface area (Å²) >= 11 is 0. The van der Waals surface area contributed by atoms with Crippen molar-refractivity contribution in [1.82, 2.24) is 0 Å². The van der Waals surface area contributed by atoms with Crippen molar-refractivity contribution in [2.24, 2.45) is 5.92 Å².